The second-order valence-corrected chi connectivity index (χ2v) is 7.77. The van der Waals surface area contributed by atoms with Crippen molar-refractivity contribution < 1.29 is 22.0 Å². The summed E-state index contributed by atoms with van der Waals surface area (Å²) in [5.41, 5.74) is 0. The van der Waals surface area contributed by atoms with Gasteiger partial charge in [-0.2, -0.15) is 0 Å². The van der Waals surface area contributed by atoms with Crippen LogP contribution in [0.15, 0.2) is 0 Å². The zero-order chi connectivity index (χ0) is 17.5. The topological polar surface area (TPSA) is 80.3 Å². The summed E-state index contributed by atoms with van der Waals surface area (Å²) >= 11 is 0. The third-order valence-corrected chi connectivity index (χ3v) is 3.43. The van der Waals surface area contributed by atoms with Gasteiger partial charge in [0.25, 0.3) is 0 Å². The average Bonchev–Trinajstić information content (AvgIpc) is 2.32. The first-order valence-electron chi connectivity index (χ1n) is 8.53. The molecule has 6 heteroatoms. The molecule has 136 valence electrons. The van der Waals surface area contributed by atoms with Crippen molar-refractivity contribution in [3.05, 3.63) is 0 Å². The van der Waals surface area contributed by atoms with E-state index in [0.717, 1.165) is 4.48 Å². The Hall–Kier alpha value is -0.170. The Balaban J connectivity index is 0. The van der Waals surface area contributed by atoms with Crippen molar-refractivity contribution in [3.63, 3.8) is 0 Å². The zero-order valence-electron chi connectivity index (χ0n) is 15.0. The summed E-state index contributed by atoms with van der Waals surface area (Å²) in [6.45, 7) is 3.62. The van der Waals surface area contributed by atoms with Crippen LogP contribution in [0.1, 0.15) is 77.6 Å². The van der Waals surface area contributed by atoms with Crippen molar-refractivity contribution in [2.24, 2.45) is 0 Å². The Labute approximate surface area is 138 Å². The summed E-state index contributed by atoms with van der Waals surface area (Å²) in [7, 11) is 1.70. The maximum atomic E-state index is 8.52. The van der Waals surface area contributed by atoms with Crippen LogP contribution in [0.3, 0.4) is 0 Å². The highest BCUT2D eigenvalue weighted by Crippen LogP contribution is 2.11. The van der Waals surface area contributed by atoms with Gasteiger partial charge < -0.3 is 13.6 Å². The maximum Gasteiger partial charge on any atom is 0.0780 e. The molecule has 0 spiro atoms. The van der Waals surface area contributed by atoms with E-state index in [1.807, 2.05) is 0 Å². The third-order valence-electron chi connectivity index (χ3n) is 3.43. The highest BCUT2D eigenvalue weighted by atomic mass is 32.3. The van der Waals surface area contributed by atoms with E-state index in [1.54, 1.807) is 0 Å². The second-order valence-electron chi connectivity index (χ2n) is 6.96. The molecule has 0 aliphatic heterocycles. The van der Waals surface area contributed by atoms with Crippen molar-refractivity contribution >= 4 is 10.4 Å². The van der Waals surface area contributed by atoms with E-state index in [0.29, 0.717) is 0 Å². The van der Waals surface area contributed by atoms with Gasteiger partial charge in [0.05, 0.1) is 27.7 Å². The van der Waals surface area contributed by atoms with E-state index in [-0.39, 0.29) is 0 Å². The molecule has 0 atom stereocenters. The highest BCUT2D eigenvalue weighted by molar-refractivity contribution is 7.79. The number of hydrogen-bond acceptors (Lipinski definition) is 4. The molecule has 0 rings (SSSR count). The van der Waals surface area contributed by atoms with E-state index in [2.05, 4.69) is 28.1 Å². The SMILES string of the molecule is CCCCCCCCCCCCC[N+](C)(C)C.O=S(=O)([O-])[O-]. The van der Waals surface area contributed by atoms with Gasteiger partial charge in [-0.25, -0.2) is 0 Å². The molecule has 0 saturated carbocycles. The van der Waals surface area contributed by atoms with Crippen LogP contribution in [0.5, 0.6) is 0 Å². The highest BCUT2D eigenvalue weighted by Gasteiger charge is 2.04. The van der Waals surface area contributed by atoms with Gasteiger partial charge in [-0.15, -0.1) is 0 Å². The molecule has 0 amide bonds. The Morgan fingerprint density at radius 2 is 0.955 bits per heavy atom. The molecular weight excluding hydrogens is 302 g/mol. The molecule has 0 aromatic carbocycles. The van der Waals surface area contributed by atoms with Crippen molar-refractivity contribution in [2.75, 3.05) is 27.7 Å². The first-order valence-corrected chi connectivity index (χ1v) is 9.86. The number of nitrogens with zero attached hydrogens (tertiary/aromatic N) is 1. The molecule has 0 aromatic heterocycles. The van der Waals surface area contributed by atoms with Gasteiger partial charge in [-0.05, 0) is 12.8 Å². The van der Waals surface area contributed by atoms with Crippen LogP contribution in [-0.4, -0.2) is 49.7 Å². The van der Waals surface area contributed by atoms with E-state index in [4.69, 9.17) is 17.5 Å². The van der Waals surface area contributed by atoms with Crippen molar-refractivity contribution in [2.45, 2.75) is 77.6 Å². The molecule has 0 aromatic rings. The summed E-state index contributed by atoms with van der Waals surface area (Å²) in [5.74, 6) is 0. The quantitative estimate of drug-likeness (QED) is 0.235. The molecule has 0 radical (unpaired) electrons. The lowest BCUT2D eigenvalue weighted by atomic mass is 10.1. The molecule has 0 fully saturated rings. The lowest BCUT2D eigenvalue weighted by Crippen LogP contribution is -2.35. The van der Waals surface area contributed by atoms with Gasteiger partial charge in [0.1, 0.15) is 0 Å². The molecule has 0 bridgehead atoms. The molecule has 0 unspecified atom stereocenters. The minimum Gasteiger partial charge on any atom is -0.759 e. The van der Waals surface area contributed by atoms with Crippen molar-refractivity contribution in [1.29, 1.82) is 0 Å². The minimum absolute atomic E-state index is 1.12. The summed E-state index contributed by atoms with van der Waals surface area (Å²) in [4.78, 5) is 0. The monoisotopic (exact) mass is 338 g/mol. The lowest BCUT2D eigenvalue weighted by molar-refractivity contribution is -0.870. The van der Waals surface area contributed by atoms with Crippen molar-refractivity contribution in [3.8, 4) is 0 Å². The summed E-state index contributed by atoms with van der Waals surface area (Å²) < 4.78 is 35.2. The maximum absolute atomic E-state index is 8.52. The third kappa shape index (κ3) is 36.8. The first-order chi connectivity index (χ1) is 10.1. The lowest BCUT2D eigenvalue weighted by Gasteiger charge is -2.23. The van der Waals surface area contributed by atoms with Gasteiger partial charge in [-0.1, -0.05) is 64.7 Å². The molecule has 0 aliphatic carbocycles. The number of hydrogen-bond donors (Lipinski definition) is 0. The van der Waals surface area contributed by atoms with Crippen molar-refractivity contribution in [1.82, 2.24) is 0 Å². The normalized spacial score (nSPS) is 11.9. The average molecular weight is 339 g/mol. The smallest absolute Gasteiger partial charge is 0.0780 e. The fourth-order valence-electron chi connectivity index (χ4n) is 2.25. The number of unbranched alkanes of at least 4 members (excludes halogenated alkanes) is 10. The van der Waals surface area contributed by atoms with Crippen LogP contribution in [-0.2, 0) is 10.4 Å². The summed E-state index contributed by atoms with van der Waals surface area (Å²) in [6.07, 6.45) is 15.9. The molecular formula is C16H36NO4S-. The van der Waals surface area contributed by atoms with Gasteiger partial charge in [-0.3, -0.25) is 8.42 Å². The Kier molecular flexibility index (Phi) is 15.8. The van der Waals surface area contributed by atoms with Crippen LogP contribution < -0.4 is 0 Å². The van der Waals surface area contributed by atoms with Gasteiger partial charge in [0.15, 0.2) is 0 Å². The van der Waals surface area contributed by atoms with Crippen LogP contribution in [0, 0.1) is 0 Å². The fourth-order valence-corrected chi connectivity index (χ4v) is 2.25. The molecule has 22 heavy (non-hydrogen) atoms. The predicted molar refractivity (Wildman–Crippen MR) is 89.8 cm³/mol. The van der Waals surface area contributed by atoms with Crippen LogP contribution in [0.4, 0.5) is 0 Å². The van der Waals surface area contributed by atoms with Crippen LogP contribution >= 0.6 is 0 Å². The van der Waals surface area contributed by atoms with E-state index in [1.165, 1.54) is 77.2 Å². The predicted octanol–water partition coefficient (Wildman–Crippen LogP) is 3.67. The van der Waals surface area contributed by atoms with Gasteiger partial charge >= 0.3 is 0 Å². The van der Waals surface area contributed by atoms with E-state index < -0.39 is 10.4 Å². The summed E-state index contributed by atoms with van der Waals surface area (Å²) in [6, 6.07) is 0. The molecule has 0 aliphatic rings. The van der Waals surface area contributed by atoms with Crippen LogP contribution in [0.25, 0.3) is 0 Å². The largest absolute Gasteiger partial charge is 0.759 e. The molecule has 0 N–H and O–H groups in total. The Morgan fingerprint density at radius 1 is 0.682 bits per heavy atom. The minimum atomic E-state index is -5.17. The van der Waals surface area contributed by atoms with E-state index >= 15 is 0 Å². The Morgan fingerprint density at radius 3 is 1.23 bits per heavy atom. The van der Waals surface area contributed by atoms with Gasteiger partial charge in [0, 0.05) is 10.4 Å². The number of rotatable bonds is 12. The molecule has 0 heterocycles. The van der Waals surface area contributed by atoms with Gasteiger partial charge in [0.2, 0.25) is 0 Å². The summed E-state index contributed by atoms with van der Waals surface area (Å²) in [5, 5.41) is 0. The standard InChI is InChI=1S/C16H36N.H2O4S/c1-5-6-7-8-9-10-11-12-13-14-15-16-17(2,3)4;1-5(2,3)4/h5-16H2,1-4H3;(H2,1,2,3,4)/q+1;/p-2. The van der Waals surface area contributed by atoms with Crippen LogP contribution in [0.2, 0.25) is 0 Å². The molecule has 5 nitrogen and oxygen atoms in total. The Bertz CT molecular complexity index is 316. The van der Waals surface area contributed by atoms with E-state index in [9.17, 15) is 0 Å². The number of quaternary nitrogens is 1. The zero-order valence-corrected chi connectivity index (χ0v) is 15.8. The first kappa shape index (κ1) is 24.1. The second kappa shape index (κ2) is 14.4. The fraction of sp³-hybridized carbons (Fsp3) is 1.00. The molecule has 0 saturated heterocycles.